The van der Waals surface area contributed by atoms with Gasteiger partial charge >= 0.3 is 0 Å². The normalized spacial score (nSPS) is 10.6. The third kappa shape index (κ3) is 2.58. The molecule has 3 nitrogen and oxygen atoms in total. The molecule has 0 unspecified atom stereocenters. The summed E-state index contributed by atoms with van der Waals surface area (Å²) in [5.41, 5.74) is 1.90. The quantitative estimate of drug-likeness (QED) is 0.688. The van der Waals surface area contributed by atoms with Gasteiger partial charge in [0.15, 0.2) is 6.29 Å². The number of nitrogens with zero attached hydrogens (tertiary/aromatic N) is 2. The van der Waals surface area contributed by atoms with Gasteiger partial charge in [-0.1, -0.05) is 6.07 Å². The Morgan fingerprint density at radius 3 is 2.43 bits per heavy atom. The maximum Gasteiger partial charge on any atom is 0.153 e. The van der Waals surface area contributed by atoms with Crippen molar-refractivity contribution in [3.05, 3.63) is 71.9 Å². The zero-order valence-electron chi connectivity index (χ0n) is 10.8. The minimum Gasteiger partial charge on any atom is -0.298 e. The van der Waals surface area contributed by atoms with Crippen molar-refractivity contribution in [2.45, 2.75) is 0 Å². The van der Waals surface area contributed by atoms with Crippen molar-refractivity contribution in [2.24, 2.45) is 0 Å². The molecular weight excluding hydrogens is 274 g/mol. The van der Waals surface area contributed by atoms with Crippen LogP contribution in [0, 0.1) is 11.6 Å². The Balaban J connectivity index is 2.10. The van der Waals surface area contributed by atoms with E-state index >= 15 is 0 Å². The molecule has 1 heterocycles. The fraction of sp³-hybridized carbons (Fsp3) is 0. The van der Waals surface area contributed by atoms with Gasteiger partial charge < -0.3 is 0 Å². The molecule has 3 rings (SSSR count). The number of aromatic nitrogens is 2. The van der Waals surface area contributed by atoms with Crippen LogP contribution in [0.3, 0.4) is 0 Å². The molecule has 0 bridgehead atoms. The van der Waals surface area contributed by atoms with Crippen molar-refractivity contribution < 1.29 is 13.6 Å². The van der Waals surface area contributed by atoms with Crippen LogP contribution in [-0.4, -0.2) is 16.1 Å². The first-order valence-corrected chi connectivity index (χ1v) is 6.24. The average molecular weight is 284 g/mol. The molecule has 0 atom stereocenters. The van der Waals surface area contributed by atoms with Crippen molar-refractivity contribution in [3.8, 4) is 16.9 Å². The molecule has 0 saturated carbocycles. The molecular formula is C16H10F2N2O. The number of carbonyl (C=O) groups excluding carboxylic acids is 1. The molecule has 5 heteroatoms. The van der Waals surface area contributed by atoms with E-state index in [1.54, 1.807) is 24.3 Å². The van der Waals surface area contributed by atoms with E-state index in [1.807, 2.05) is 0 Å². The summed E-state index contributed by atoms with van der Waals surface area (Å²) in [7, 11) is 0. The monoisotopic (exact) mass is 284 g/mol. The van der Waals surface area contributed by atoms with Crippen molar-refractivity contribution in [1.29, 1.82) is 0 Å². The lowest BCUT2D eigenvalue weighted by molar-refractivity contribution is 0.112. The van der Waals surface area contributed by atoms with Crippen LogP contribution in [0.4, 0.5) is 8.78 Å². The Hall–Kier alpha value is -2.82. The zero-order chi connectivity index (χ0) is 14.8. The van der Waals surface area contributed by atoms with E-state index in [1.165, 1.54) is 35.1 Å². The Bertz CT molecular complexity index is 794. The lowest BCUT2D eigenvalue weighted by atomic mass is 10.1. The molecule has 0 amide bonds. The largest absolute Gasteiger partial charge is 0.298 e. The highest BCUT2D eigenvalue weighted by molar-refractivity contribution is 5.85. The first-order chi connectivity index (χ1) is 10.2. The van der Waals surface area contributed by atoms with Crippen LogP contribution in [-0.2, 0) is 0 Å². The summed E-state index contributed by atoms with van der Waals surface area (Å²) in [6, 6.07) is 11.6. The number of hydrogen-bond acceptors (Lipinski definition) is 2. The van der Waals surface area contributed by atoms with Gasteiger partial charge in [0.25, 0.3) is 0 Å². The first-order valence-electron chi connectivity index (χ1n) is 6.24. The van der Waals surface area contributed by atoms with Crippen molar-refractivity contribution in [3.63, 3.8) is 0 Å². The summed E-state index contributed by atoms with van der Waals surface area (Å²) in [5, 5.41) is 4.29. The first kappa shape index (κ1) is 13.2. The van der Waals surface area contributed by atoms with Crippen LogP contribution in [0.25, 0.3) is 16.9 Å². The number of rotatable bonds is 3. The van der Waals surface area contributed by atoms with E-state index in [4.69, 9.17) is 0 Å². The van der Waals surface area contributed by atoms with Gasteiger partial charge in [0.1, 0.15) is 17.3 Å². The topological polar surface area (TPSA) is 34.9 Å². The van der Waals surface area contributed by atoms with E-state index < -0.39 is 0 Å². The van der Waals surface area contributed by atoms with Gasteiger partial charge in [-0.25, -0.2) is 13.5 Å². The second kappa shape index (κ2) is 5.28. The van der Waals surface area contributed by atoms with Crippen molar-refractivity contribution >= 4 is 6.29 Å². The molecule has 0 saturated heterocycles. The van der Waals surface area contributed by atoms with Crippen LogP contribution >= 0.6 is 0 Å². The van der Waals surface area contributed by atoms with E-state index in [0.717, 1.165) is 0 Å². The summed E-state index contributed by atoms with van der Waals surface area (Å²) in [6.07, 6.45) is 2.18. The van der Waals surface area contributed by atoms with Gasteiger partial charge in [-0.3, -0.25) is 4.79 Å². The third-order valence-corrected chi connectivity index (χ3v) is 3.06. The standard InChI is InChI=1S/C16H10F2N2O/c17-13-6-4-11(5-7-13)16-12(10-21)9-20(19-16)15-3-1-2-14(18)8-15/h1-10H. The third-order valence-electron chi connectivity index (χ3n) is 3.06. The van der Waals surface area contributed by atoms with Crippen LogP contribution in [0.2, 0.25) is 0 Å². The van der Waals surface area contributed by atoms with E-state index in [9.17, 15) is 13.6 Å². The van der Waals surface area contributed by atoms with E-state index in [2.05, 4.69) is 5.10 Å². The highest BCUT2D eigenvalue weighted by Gasteiger charge is 2.12. The van der Waals surface area contributed by atoms with Crippen LogP contribution < -0.4 is 0 Å². The van der Waals surface area contributed by atoms with Gasteiger partial charge in [-0.15, -0.1) is 0 Å². The molecule has 0 spiro atoms. The second-order valence-corrected chi connectivity index (χ2v) is 4.48. The van der Waals surface area contributed by atoms with Crippen LogP contribution in [0.5, 0.6) is 0 Å². The van der Waals surface area contributed by atoms with Gasteiger partial charge in [-0.2, -0.15) is 5.10 Å². The molecule has 0 fully saturated rings. The Labute approximate surface area is 119 Å². The Morgan fingerprint density at radius 1 is 1.00 bits per heavy atom. The summed E-state index contributed by atoms with van der Waals surface area (Å²) >= 11 is 0. The number of halogens is 2. The summed E-state index contributed by atoms with van der Waals surface area (Å²) in [4.78, 5) is 11.2. The summed E-state index contributed by atoms with van der Waals surface area (Å²) < 4.78 is 27.6. The molecule has 1 aromatic heterocycles. The fourth-order valence-corrected chi connectivity index (χ4v) is 2.06. The lowest BCUT2D eigenvalue weighted by Crippen LogP contribution is -1.95. The molecule has 0 aliphatic rings. The maximum absolute atomic E-state index is 13.3. The molecule has 0 aliphatic heterocycles. The molecule has 0 N–H and O–H groups in total. The fourth-order valence-electron chi connectivity index (χ4n) is 2.06. The van der Waals surface area contributed by atoms with E-state index in [-0.39, 0.29) is 11.6 Å². The lowest BCUT2D eigenvalue weighted by Gasteiger charge is -2.01. The van der Waals surface area contributed by atoms with Crippen molar-refractivity contribution in [1.82, 2.24) is 9.78 Å². The van der Waals surface area contributed by atoms with Gasteiger partial charge in [0.05, 0.1) is 11.3 Å². The van der Waals surface area contributed by atoms with E-state index in [0.29, 0.717) is 28.8 Å². The summed E-state index contributed by atoms with van der Waals surface area (Å²) in [5.74, 6) is -0.755. The van der Waals surface area contributed by atoms with Gasteiger partial charge in [-0.05, 0) is 42.5 Å². The Morgan fingerprint density at radius 2 is 1.76 bits per heavy atom. The molecule has 21 heavy (non-hydrogen) atoms. The predicted octanol–water partition coefficient (Wildman–Crippen LogP) is 3.63. The summed E-state index contributed by atoms with van der Waals surface area (Å²) in [6.45, 7) is 0. The SMILES string of the molecule is O=Cc1cn(-c2cccc(F)c2)nc1-c1ccc(F)cc1. The minimum atomic E-state index is -0.390. The predicted molar refractivity (Wildman–Crippen MR) is 74.3 cm³/mol. The smallest absolute Gasteiger partial charge is 0.153 e. The molecule has 0 aliphatic carbocycles. The maximum atomic E-state index is 13.3. The molecule has 104 valence electrons. The Kier molecular flexibility index (Phi) is 3.31. The minimum absolute atomic E-state index is 0.353. The zero-order valence-corrected chi connectivity index (χ0v) is 10.8. The number of hydrogen-bond donors (Lipinski definition) is 0. The van der Waals surface area contributed by atoms with Crippen LogP contribution in [0.15, 0.2) is 54.7 Å². The number of aldehydes is 1. The number of benzene rings is 2. The highest BCUT2D eigenvalue weighted by atomic mass is 19.1. The molecule has 2 aromatic carbocycles. The van der Waals surface area contributed by atoms with Crippen LogP contribution in [0.1, 0.15) is 10.4 Å². The van der Waals surface area contributed by atoms with Gasteiger partial charge in [0, 0.05) is 11.8 Å². The second-order valence-electron chi connectivity index (χ2n) is 4.48. The highest BCUT2D eigenvalue weighted by Crippen LogP contribution is 2.23. The molecule has 0 radical (unpaired) electrons. The van der Waals surface area contributed by atoms with Crippen molar-refractivity contribution in [2.75, 3.05) is 0 Å². The van der Waals surface area contributed by atoms with Gasteiger partial charge in [0.2, 0.25) is 0 Å². The molecule has 3 aromatic rings. The average Bonchev–Trinajstić information content (AvgIpc) is 2.92. The number of carbonyl (C=O) groups is 1.